The lowest BCUT2D eigenvalue weighted by molar-refractivity contribution is 0.538. The van der Waals surface area contributed by atoms with Crippen molar-refractivity contribution < 1.29 is 0 Å². The van der Waals surface area contributed by atoms with E-state index in [4.69, 9.17) is 0 Å². The van der Waals surface area contributed by atoms with E-state index in [1.54, 1.807) is 11.3 Å². The smallest absolute Gasteiger partial charge is 0.109 e. The summed E-state index contributed by atoms with van der Waals surface area (Å²) in [4.78, 5) is 4.32. The second-order valence-electron chi connectivity index (χ2n) is 3.32. The van der Waals surface area contributed by atoms with Crippen LogP contribution in [0.2, 0.25) is 0 Å². The molecule has 1 aromatic heterocycles. The van der Waals surface area contributed by atoms with Crippen molar-refractivity contribution in [2.24, 2.45) is 0 Å². The fourth-order valence-electron chi connectivity index (χ4n) is 1.21. The van der Waals surface area contributed by atoms with E-state index in [2.05, 4.69) is 30.7 Å². The van der Waals surface area contributed by atoms with Crippen LogP contribution >= 0.6 is 11.3 Å². The lowest BCUT2D eigenvalue weighted by Gasteiger charge is -2.14. The molecule has 2 nitrogen and oxygen atoms in total. The molecule has 0 aliphatic rings. The Balaban J connectivity index is 2.44. The van der Waals surface area contributed by atoms with E-state index in [9.17, 15) is 0 Å². The molecule has 0 spiro atoms. The summed E-state index contributed by atoms with van der Waals surface area (Å²) in [6.07, 6.45) is 3.98. The quantitative estimate of drug-likeness (QED) is 0.730. The van der Waals surface area contributed by atoms with E-state index in [1.165, 1.54) is 10.6 Å². The molecule has 0 aromatic carbocycles. The average molecular weight is 210 g/mol. The minimum absolute atomic E-state index is 0.387. The van der Waals surface area contributed by atoms with Gasteiger partial charge in [0.05, 0.1) is 6.04 Å². The second-order valence-corrected chi connectivity index (χ2v) is 4.24. The second kappa shape index (κ2) is 5.94. The summed E-state index contributed by atoms with van der Waals surface area (Å²) in [6, 6.07) is 0.387. The zero-order valence-corrected chi connectivity index (χ0v) is 9.73. The van der Waals surface area contributed by atoms with Crippen LogP contribution in [-0.2, 0) is 0 Å². The van der Waals surface area contributed by atoms with Gasteiger partial charge in [-0.05, 0) is 12.8 Å². The Labute approximate surface area is 90.1 Å². The standard InChI is InChI=1S/C11H18N2S/c1-4-9(3)8-13-10(5-2)11-12-6-7-14-11/h6-7,10,13H,3-5,8H2,1-2H3. The van der Waals surface area contributed by atoms with Crippen molar-refractivity contribution >= 4 is 11.3 Å². The van der Waals surface area contributed by atoms with Crippen molar-refractivity contribution in [1.29, 1.82) is 0 Å². The number of nitrogens with one attached hydrogen (secondary N) is 1. The van der Waals surface area contributed by atoms with E-state index in [0.29, 0.717) is 6.04 Å². The lowest BCUT2D eigenvalue weighted by Crippen LogP contribution is -2.22. The first kappa shape index (κ1) is 11.4. The van der Waals surface area contributed by atoms with Gasteiger partial charge in [0.25, 0.3) is 0 Å². The maximum Gasteiger partial charge on any atom is 0.109 e. The molecule has 0 amide bonds. The first-order valence-corrected chi connectivity index (χ1v) is 5.95. The van der Waals surface area contributed by atoms with Gasteiger partial charge in [0.1, 0.15) is 5.01 Å². The van der Waals surface area contributed by atoms with Crippen molar-refractivity contribution in [3.63, 3.8) is 0 Å². The molecule has 1 N–H and O–H groups in total. The van der Waals surface area contributed by atoms with Gasteiger partial charge in [0.15, 0.2) is 0 Å². The van der Waals surface area contributed by atoms with Crippen molar-refractivity contribution in [3.8, 4) is 0 Å². The monoisotopic (exact) mass is 210 g/mol. The first-order chi connectivity index (χ1) is 6.77. The fraction of sp³-hybridized carbons (Fsp3) is 0.545. The summed E-state index contributed by atoms with van der Waals surface area (Å²) in [5.41, 5.74) is 1.25. The summed E-state index contributed by atoms with van der Waals surface area (Å²) in [5.74, 6) is 0. The van der Waals surface area contributed by atoms with Gasteiger partial charge in [-0.3, -0.25) is 0 Å². The predicted octanol–water partition coefficient (Wildman–Crippen LogP) is 3.15. The van der Waals surface area contributed by atoms with E-state index in [1.807, 2.05) is 11.6 Å². The van der Waals surface area contributed by atoms with Crippen LogP contribution in [-0.4, -0.2) is 11.5 Å². The third kappa shape index (κ3) is 3.24. The fourth-order valence-corrected chi connectivity index (χ4v) is 2.00. The zero-order valence-electron chi connectivity index (χ0n) is 8.92. The van der Waals surface area contributed by atoms with Gasteiger partial charge in [-0.15, -0.1) is 11.3 Å². The minimum Gasteiger partial charge on any atom is -0.304 e. The molecule has 0 aliphatic carbocycles. The minimum atomic E-state index is 0.387. The highest BCUT2D eigenvalue weighted by molar-refractivity contribution is 7.09. The summed E-state index contributed by atoms with van der Waals surface area (Å²) in [5, 5.41) is 6.67. The van der Waals surface area contributed by atoms with Crippen LogP contribution in [0.3, 0.4) is 0 Å². The highest BCUT2D eigenvalue weighted by atomic mass is 32.1. The molecule has 1 aromatic rings. The van der Waals surface area contributed by atoms with E-state index in [-0.39, 0.29) is 0 Å². The van der Waals surface area contributed by atoms with Crippen LogP contribution in [0, 0.1) is 0 Å². The number of rotatable bonds is 6. The zero-order chi connectivity index (χ0) is 10.4. The normalized spacial score (nSPS) is 12.7. The first-order valence-electron chi connectivity index (χ1n) is 5.07. The third-order valence-corrected chi connectivity index (χ3v) is 3.15. The van der Waals surface area contributed by atoms with Crippen LogP contribution in [0.4, 0.5) is 0 Å². The number of aromatic nitrogens is 1. The van der Waals surface area contributed by atoms with Crippen LogP contribution in [0.25, 0.3) is 0 Å². The van der Waals surface area contributed by atoms with Gasteiger partial charge in [0.2, 0.25) is 0 Å². The van der Waals surface area contributed by atoms with Gasteiger partial charge in [-0.25, -0.2) is 4.98 Å². The molecule has 78 valence electrons. The van der Waals surface area contributed by atoms with Gasteiger partial charge in [-0.1, -0.05) is 26.0 Å². The molecule has 0 bridgehead atoms. The Morgan fingerprint density at radius 2 is 2.43 bits per heavy atom. The summed E-state index contributed by atoms with van der Waals surface area (Å²) in [6.45, 7) is 9.19. The Morgan fingerprint density at radius 1 is 1.64 bits per heavy atom. The van der Waals surface area contributed by atoms with Gasteiger partial charge >= 0.3 is 0 Å². The molecule has 1 rings (SSSR count). The highest BCUT2D eigenvalue weighted by Crippen LogP contribution is 2.18. The van der Waals surface area contributed by atoms with Crippen molar-refractivity contribution in [2.45, 2.75) is 32.7 Å². The van der Waals surface area contributed by atoms with Gasteiger partial charge < -0.3 is 5.32 Å². The lowest BCUT2D eigenvalue weighted by atomic mass is 10.2. The highest BCUT2D eigenvalue weighted by Gasteiger charge is 2.10. The van der Waals surface area contributed by atoms with E-state index >= 15 is 0 Å². The molecule has 0 aliphatic heterocycles. The Kier molecular flexibility index (Phi) is 4.84. The molecular weight excluding hydrogens is 192 g/mol. The van der Waals surface area contributed by atoms with Gasteiger partial charge in [0, 0.05) is 18.1 Å². The Bertz CT molecular complexity index is 267. The largest absolute Gasteiger partial charge is 0.304 e. The molecule has 3 heteroatoms. The van der Waals surface area contributed by atoms with Crippen molar-refractivity contribution in [1.82, 2.24) is 10.3 Å². The van der Waals surface area contributed by atoms with Crippen LogP contribution in [0.1, 0.15) is 37.7 Å². The molecule has 1 heterocycles. The van der Waals surface area contributed by atoms with Crippen LogP contribution in [0.5, 0.6) is 0 Å². The summed E-state index contributed by atoms with van der Waals surface area (Å²) in [7, 11) is 0. The predicted molar refractivity (Wildman–Crippen MR) is 62.6 cm³/mol. The number of nitrogens with zero attached hydrogens (tertiary/aromatic N) is 1. The molecule has 0 saturated heterocycles. The molecule has 1 atom stereocenters. The molecule has 1 unspecified atom stereocenters. The van der Waals surface area contributed by atoms with Gasteiger partial charge in [-0.2, -0.15) is 0 Å². The maximum absolute atomic E-state index is 4.32. The molecule has 0 saturated carbocycles. The molecular formula is C11H18N2S. The molecule has 0 radical (unpaired) electrons. The number of thiazole rings is 1. The van der Waals surface area contributed by atoms with E-state index < -0.39 is 0 Å². The number of hydrogen-bond acceptors (Lipinski definition) is 3. The van der Waals surface area contributed by atoms with Crippen LogP contribution < -0.4 is 5.32 Å². The Hall–Kier alpha value is -0.670. The van der Waals surface area contributed by atoms with Crippen molar-refractivity contribution in [3.05, 3.63) is 28.7 Å². The maximum atomic E-state index is 4.32. The SMILES string of the molecule is C=C(CC)CNC(CC)c1nccs1. The van der Waals surface area contributed by atoms with Crippen molar-refractivity contribution in [2.75, 3.05) is 6.54 Å². The Morgan fingerprint density at radius 3 is 2.93 bits per heavy atom. The molecule has 0 fully saturated rings. The third-order valence-electron chi connectivity index (χ3n) is 2.26. The van der Waals surface area contributed by atoms with E-state index in [0.717, 1.165) is 19.4 Å². The van der Waals surface area contributed by atoms with Crippen LogP contribution in [0.15, 0.2) is 23.7 Å². The average Bonchev–Trinajstić information content (AvgIpc) is 2.72. The molecule has 14 heavy (non-hydrogen) atoms. The summed E-state index contributed by atoms with van der Waals surface area (Å²) < 4.78 is 0. The summed E-state index contributed by atoms with van der Waals surface area (Å²) >= 11 is 1.71. The topological polar surface area (TPSA) is 24.9 Å². The number of hydrogen-bond donors (Lipinski definition) is 1.